The van der Waals surface area contributed by atoms with E-state index in [-0.39, 0.29) is 0 Å². The van der Waals surface area contributed by atoms with Crippen molar-refractivity contribution in [1.82, 2.24) is 4.90 Å². The van der Waals surface area contributed by atoms with Crippen molar-refractivity contribution in [3.8, 4) is 11.5 Å². The topological polar surface area (TPSA) is 41.9 Å². The summed E-state index contributed by atoms with van der Waals surface area (Å²) >= 11 is 0. The van der Waals surface area contributed by atoms with Gasteiger partial charge in [-0.1, -0.05) is 24.8 Å². The van der Waals surface area contributed by atoms with Gasteiger partial charge in [0.25, 0.3) is 0 Å². The summed E-state index contributed by atoms with van der Waals surface area (Å²) < 4.78 is 10.8. The molecule has 0 saturated carbocycles. The van der Waals surface area contributed by atoms with E-state index in [4.69, 9.17) is 9.47 Å². The zero-order valence-corrected chi connectivity index (χ0v) is 11.2. The van der Waals surface area contributed by atoms with Gasteiger partial charge in [0, 0.05) is 12.1 Å². The van der Waals surface area contributed by atoms with Gasteiger partial charge in [-0.15, -0.1) is 0 Å². The van der Waals surface area contributed by atoms with E-state index in [1.54, 1.807) is 13.2 Å². The Morgan fingerprint density at radius 2 is 2.17 bits per heavy atom. The maximum atomic E-state index is 10.2. The summed E-state index contributed by atoms with van der Waals surface area (Å²) in [5.41, 5.74) is 0.727. The van der Waals surface area contributed by atoms with Crippen molar-refractivity contribution in [3.63, 3.8) is 0 Å². The minimum atomic E-state index is -0.616. The van der Waals surface area contributed by atoms with Gasteiger partial charge in [-0.2, -0.15) is 0 Å². The van der Waals surface area contributed by atoms with Crippen molar-refractivity contribution >= 4 is 0 Å². The largest absolute Gasteiger partial charge is 0.493 e. The van der Waals surface area contributed by atoms with Crippen LogP contribution in [0.5, 0.6) is 11.5 Å². The van der Waals surface area contributed by atoms with Crippen molar-refractivity contribution in [2.75, 3.05) is 34.4 Å². The number of rotatable bonds is 7. The first kappa shape index (κ1) is 14.5. The number of hydrogen-bond acceptors (Lipinski definition) is 4. The average molecular weight is 251 g/mol. The number of likely N-dealkylation sites (N-methyl/N-ethyl adjacent to an activating group) is 1. The fourth-order valence-electron chi connectivity index (χ4n) is 1.70. The van der Waals surface area contributed by atoms with Crippen molar-refractivity contribution in [2.45, 2.75) is 6.10 Å². The van der Waals surface area contributed by atoms with Gasteiger partial charge in [-0.25, -0.2) is 0 Å². The fourth-order valence-corrected chi connectivity index (χ4v) is 1.70. The summed E-state index contributed by atoms with van der Waals surface area (Å²) in [4.78, 5) is 1.92. The molecule has 1 rings (SSSR count). The zero-order valence-electron chi connectivity index (χ0n) is 11.2. The van der Waals surface area contributed by atoms with E-state index in [9.17, 15) is 5.11 Å². The van der Waals surface area contributed by atoms with Crippen LogP contribution >= 0.6 is 0 Å². The van der Waals surface area contributed by atoms with Crippen LogP contribution in [-0.4, -0.2) is 44.4 Å². The van der Waals surface area contributed by atoms with Crippen LogP contribution < -0.4 is 9.47 Å². The highest BCUT2D eigenvalue weighted by atomic mass is 16.5. The Hall–Kier alpha value is -1.52. The van der Waals surface area contributed by atoms with Crippen LogP contribution in [0.4, 0.5) is 0 Å². The molecule has 0 amide bonds. The Kier molecular flexibility index (Phi) is 5.68. The lowest BCUT2D eigenvalue weighted by molar-refractivity contribution is 0.134. The molecule has 1 aromatic carbocycles. The number of ether oxygens (including phenoxy) is 2. The van der Waals surface area contributed by atoms with E-state index < -0.39 is 6.10 Å². The van der Waals surface area contributed by atoms with Crippen LogP contribution in [-0.2, 0) is 0 Å². The molecule has 18 heavy (non-hydrogen) atoms. The van der Waals surface area contributed by atoms with Gasteiger partial charge in [0.2, 0.25) is 0 Å². The minimum Gasteiger partial charge on any atom is -0.493 e. The highest BCUT2D eigenvalue weighted by Gasteiger charge is 2.17. The van der Waals surface area contributed by atoms with Crippen molar-refractivity contribution in [1.29, 1.82) is 0 Å². The summed E-state index contributed by atoms with van der Waals surface area (Å²) in [6.07, 6.45) is 1.05. The Morgan fingerprint density at radius 3 is 2.72 bits per heavy atom. The molecule has 4 heteroatoms. The van der Waals surface area contributed by atoms with Crippen LogP contribution in [0.2, 0.25) is 0 Å². The molecule has 0 saturated heterocycles. The monoisotopic (exact) mass is 251 g/mol. The maximum Gasteiger partial charge on any atom is 0.167 e. The highest BCUT2D eigenvalue weighted by Crippen LogP contribution is 2.35. The smallest absolute Gasteiger partial charge is 0.167 e. The molecule has 1 aromatic rings. The Balaban J connectivity index is 3.04. The van der Waals surface area contributed by atoms with Crippen molar-refractivity contribution < 1.29 is 14.6 Å². The molecule has 1 atom stereocenters. The summed E-state index contributed by atoms with van der Waals surface area (Å²) in [5, 5.41) is 10.2. The first-order chi connectivity index (χ1) is 8.60. The second kappa shape index (κ2) is 7.03. The lowest BCUT2D eigenvalue weighted by Crippen LogP contribution is -2.20. The minimum absolute atomic E-state index is 0.377. The first-order valence-electron chi connectivity index (χ1n) is 5.83. The molecule has 1 N–H and O–H groups in total. The predicted octanol–water partition coefficient (Wildman–Crippen LogP) is 1.85. The molecule has 0 spiro atoms. The van der Waals surface area contributed by atoms with Gasteiger partial charge < -0.3 is 19.5 Å². The zero-order chi connectivity index (χ0) is 13.5. The van der Waals surface area contributed by atoms with E-state index in [0.29, 0.717) is 24.7 Å². The molecule has 0 heterocycles. The van der Waals surface area contributed by atoms with Crippen LogP contribution in [0.25, 0.3) is 0 Å². The van der Waals surface area contributed by atoms with Crippen molar-refractivity contribution in [2.24, 2.45) is 0 Å². The third-order valence-corrected chi connectivity index (χ3v) is 2.47. The maximum absolute atomic E-state index is 10.2. The van der Waals surface area contributed by atoms with Gasteiger partial charge in [-0.05, 0) is 20.2 Å². The van der Waals surface area contributed by atoms with Crippen LogP contribution in [0.1, 0.15) is 11.7 Å². The van der Waals surface area contributed by atoms with Crippen LogP contribution in [0.15, 0.2) is 30.9 Å². The van der Waals surface area contributed by atoms with Crippen LogP contribution in [0.3, 0.4) is 0 Å². The number of aliphatic hydroxyl groups is 1. The Bertz CT molecular complexity index is 391. The number of para-hydroxylation sites is 1. The number of hydrogen-bond donors (Lipinski definition) is 1. The summed E-state index contributed by atoms with van der Waals surface area (Å²) in [6, 6.07) is 5.49. The van der Waals surface area contributed by atoms with Crippen molar-refractivity contribution in [3.05, 3.63) is 36.4 Å². The third-order valence-electron chi connectivity index (χ3n) is 2.47. The third kappa shape index (κ3) is 3.75. The first-order valence-corrected chi connectivity index (χ1v) is 5.83. The highest BCUT2D eigenvalue weighted by molar-refractivity contribution is 5.47. The molecule has 100 valence electrons. The number of aliphatic hydroxyl groups excluding tert-OH is 1. The molecule has 0 aliphatic rings. The number of nitrogens with zero attached hydrogens (tertiary/aromatic N) is 1. The molecule has 0 radical (unpaired) electrons. The van der Waals surface area contributed by atoms with E-state index in [2.05, 4.69) is 6.58 Å². The second-order valence-electron chi connectivity index (χ2n) is 4.26. The summed E-state index contributed by atoms with van der Waals surface area (Å²) in [7, 11) is 5.40. The molecule has 4 nitrogen and oxygen atoms in total. The van der Waals surface area contributed by atoms with E-state index in [1.165, 1.54) is 0 Å². The summed E-state index contributed by atoms with van der Waals surface area (Å²) in [6.45, 7) is 4.52. The molecule has 0 aliphatic heterocycles. The lowest BCUT2D eigenvalue weighted by atomic mass is 10.1. The second-order valence-corrected chi connectivity index (χ2v) is 4.26. The summed E-state index contributed by atoms with van der Waals surface area (Å²) in [5.74, 6) is 1.20. The standard InChI is InChI=1S/C14H21NO3/c1-5-9-18-14-11(12(16)10-15(2)3)7-6-8-13(14)17-4/h5-8,12,16H,1,9-10H2,2-4H3. The Labute approximate surface area is 108 Å². The van der Waals surface area contributed by atoms with Crippen LogP contribution in [0, 0.1) is 0 Å². The molecular formula is C14H21NO3. The van der Waals surface area contributed by atoms with Gasteiger partial charge in [-0.3, -0.25) is 0 Å². The van der Waals surface area contributed by atoms with Gasteiger partial charge in [0.1, 0.15) is 6.61 Å². The SMILES string of the molecule is C=CCOc1c(OC)cccc1C(O)CN(C)C. The van der Waals surface area contributed by atoms with E-state index >= 15 is 0 Å². The average Bonchev–Trinajstić information content (AvgIpc) is 2.34. The molecule has 1 unspecified atom stereocenters. The lowest BCUT2D eigenvalue weighted by Gasteiger charge is -2.20. The molecule has 0 aliphatic carbocycles. The fraction of sp³-hybridized carbons (Fsp3) is 0.429. The molecule has 0 fully saturated rings. The van der Waals surface area contributed by atoms with E-state index in [1.807, 2.05) is 37.2 Å². The quantitative estimate of drug-likeness (QED) is 0.751. The van der Waals surface area contributed by atoms with E-state index in [0.717, 1.165) is 5.56 Å². The Morgan fingerprint density at radius 1 is 1.44 bits per heavy atom. The number of benzene rings is 1. The predicted molar refractivity (Wildman–Crippen MR) is 72.2 cm³/mol. The molecule has 0 aromatic heterocycles. The van der Waals surface area contributed by atoms with Gasteiger partial charge in [0.05, 0.1) is 13.2 Å². The van der Waals surface area contributed by atoms with Gasteiger partial charge in [0.15, 0.2) is 11.5 Å². The molecule has 0 bridgehead atoms. The van der Waals surface area contributed by atoms with Gasteiger partial charge >= 0.3 is 0 Å². The molecular weight excluding hydrogens is 230 g/mol. The normalized spacial score (nSPS) is 12.3. The number of methoxy groups -OCH3 is 1.